The third-order valence-electron chi connectivity index (χ3n) is 4.27. The number of hydrogen-bond donors (Lipinski definition) is 1. The summed E-state index contributed by atoms with van der Waals surface area (Å²) in [5.74, 6) is -1.01. The fraction of sp³-hybridized carbons (Fsp3) is 0.786. The minimum Gasteiger partial charge on any atom is -0.481 e. The first-order chi connectivity index (χ1) is 9.54. The Labute approximate surface area is 118 Å². The summed E-state index contributed by atoms with van der Waals surface area (Å²) in [7, 11) is 0. The normalized spacial score (nSPS) is 24.6. The summed E-state index contributed by atoms with van der Waals surface area (Å²) in [6.45, 7) is 2.55. The van der Waals surface area contributed by atoms with Gasteiger partial charge in [-0.3, -0.25) is 14.5 Å². The average Bonchev–Trinajstić information content (AvgIpc) is 2.63. The Balaban J connectivity index is 2.10. The predicted octanol–water partition coefficient (Wildman–Crippen LogP) is 1.69. The van der Waals surface area contributed by atoms with E-state index in [9.17, 15) is 14.4 Å². The first-order valence-electron chi connectivity index (χ1n) is 7.38. The molecule has 1 saturated heterocycles. The number of nitrogens with zero attached hydrogens (tertiary/aromatic N) is 2. The molecular weight excluding hydrogens is 260 g/mol. The Bertz CT molecular complexity index is 404. The summed E-state index contributed by atoms with van der Waals surface area (Å²) >= 11 is 0. The van der Waals surface area contributed by atoms with Gasteiger partial charge in [0.1, 0.15) is 6.04 Å². The SMILES string of the molecule is CCN1C(=O)[C@H](CC(=O)O)N(CC2CCCCC2)C1=O. The number of carbonyl (C=O) groups is 3. The molecule has 1 aliphatic carbocycles. The fourth-order valence-corrected chi connectivity index (χ4v) is 3.20. The van der Waals surface area contributed by atoms with Crippen LogP contribution in [-0.4, -0.2) is 51.9 Å². The van der Waals surface area contributed by atoms with Crippen LogP contribution in [0.25, 0.3) is 0 Å². The van der Waals surface area contributed by atoms with Crippen molar-refractivity contribution in [3.05, 3.63) is 0 Å². The smallest absolute Gasteiger partial charge is 0.327 e. The van der Waals surface area contributed by atoms with Gasteiger partial charge in [0.15, 0.2) is 0 Å². The number of hydrogen-bond acceptors (Lipinski definition) is 3. The number of aliphatic carboxylic acids is 1. The highest BCUT2D eigenvalue weighted by atomic mass is 16.4. The lowest BCUT2D eigenvalue weighted by Gasteiger charge is -2.28. The average molecular weight is 282 g/mol. The van der Waals surface area contributed by atoms with Crippen molar-refractivity contribution in [3.63, 3.8) is 0 Å². The summed E-state index contributed by atoms with van der Waals surface area (Å²) in [6.07, 6.45) is 5.36. The number of imide groups is 1. The van der Waals surface area contributed by atoms with E-state index >= 15 is 0 Å². The van der Waals surface area contributed by atoms with Gasteiger partial charge in [-0.15, -0.1) is 0 Å². The largest absolute Gasteiger partial charge is 0.481 e. The molecule has 0 spiro atoms. The maximum absolute atomic E-state index is 12.3. The molecule has 2 rings (SSSR count). The van der Waals surface area contributed by atoms with Crippen molar-refractivity contribution in [2.45, 2.75) is 51.5 Å². The lowest BCUT2D eigenvalue weighted by molar-refractivity contribution is -0.141. The summed E-state index contributed by atoms with van der Waals surface area (Å²) in [5.41, 5.74) is 0. The molecule has 6 nitrogen and oxygen atoms in total. The highest BCUT2D eigenvalue weighted by molar-refractivity contribution is 6.05. The van der Waals surface area contributed by atoms with Crippen molar-refractivity contribution in [1.29, 1.82) is 0 Å². The van der Waals surface area contributed by atoms with E-state index < -0.39 is 12.0 Å². The molecule has 3 amide bonds. The quantitative estimate of drug-likeness (QED) is 0.778. The Kier molecular flexibility index (Phi) is 4.62. The van der Waals surface area contributed by atoms with E-state index in [0.717, 1.165) is 30.6 Å². The molecule has 0 aromatic heterocycles. The molecule has 2 fully saturated rings. The van der Waals surface area contributed by atoms with Gasteiger partial charge < -0.3 is 10.0 Å². The molecule has 0 unspecified atom stereocenters. The first-order valence-corrected chi connectivity index (χ1v) is 7.38. The first kappa shape index (κ1) is 14.8. The van der Waals surface area contributed by atoms with Crippen molar-refractivity contribution in [1.82, 2.24) is 9.80 Å². The minimum absolute atomic E-state index is 0.298. The van der Waals surface area contributed by atoms with Crippen LogP contribution < -0.4 is 0 Å². The molecule has 1 saturated carbocycles. The molecule has 0 bridgehead atoms. The van der Waals surface area contributed by atoms with E-state index in [-0.39, 0.29) is 18.4 Å². The van der Waals surface area contributed by atoms with Gasteiger partial charge in [0.2, 0.25) is 0 Å². The number of urea groups is 1. The highest BCUT2D eigenvalue weighted by Gasteiger charge is 2.45. The van der Waals surface area contributed by atoms with Crippen molar-refractivity contribution in [3.8, 4) is 0 Å². The molecule has 6 heteroatoms. The van der Waals surface area contributed by atoms with E-state index in [1.807, 2.05) is 0 Å². The van der Waals surface area contributed by atoms with Crippen LogP contribution in [0.4, 0.5) is 4.79 Å². The maximum atomic E-state index is 12.3. The molecule has 0 aromatic rings. The maximum Gasteiger partial charge on any atom is 0.327 e. The van der Waals surface area contributed by atoms with Crippen molar-refractivity contribution >= 4 is 17.9 Å². The number of amides is 3. The summed E-state index contributed by atoms with van der Waals surface area (Å²) in [6, 6.07) is -1.14. The monoisotopic (exact) mass is 282 g/mol. The van der Waals surface area contributed by atoms with Gasteiger partial charge in [-0.1, -0.05) is 19.3 Å². The molecule has 0 aromatic carbocycles. The second-order valence-corrected chi connectivity index (χ2v) is 5.64. The van der Waals surface area contributed by atoms with Crippen LogP contribution in [0.15, 0.2) is 0 Å². The Morgan fingerprint density at radius 1 is 1.25 bits per heavy atom. The van der Waals surface area contributed by atoms with E-state index in [1.54, 1.807) is 6.92 Å². The molecule has 2 aliphatic rings. The van der Waals surface area contributed by atoms with Crippen LogP contribution in [0.3, 0.4) is 0 Å². The predicted molar refractivity (Wildman–Crippen MR) is 72.1 cm³/mol. The molecule has 1 atom stereocenters. The summed E-state index contributed by atoms with van der Waals surface area (Å²) in [5, 5.41) is 8.95. The van der Waals surface area contributed by atoms with Gasteiger partial charge in [-0.25, -0.2) is 4.79 Å². The molecule has 0 radical (unpaired) electrons. The van der Waals surface area contributed by atoms with Crippen LogP contribution >= 0.6 is 0 Å². The van der Waals surface area contributed by atoms with Crippen molar-refractivity contribution in [2.75, 3.05) is 13.1 Å². The fourth-order valence-electron chi connectivity index (χ4n) is 3.20. The van der Waals surface area contributed by atoms with Crippen molar-refractivity contribution in [2.24, 2.45) is 5.92 Å². The van der Waals surface area contributed by atoms with Gasteiger partial charge in [0, 0.05) is 13.1 Å². The zero-order valence-electron chi connectivity index (χ0n) is 11.9. The number of carboxylic acid groups (broad SMARTS) is 1. The number of carbonyl (C=O) groups excluding carboxylic acids is 2. The second-order valence-electron chi connectivity index (χ2n) is 5.64. The highest BCUT2D eigenvalue weighted by Crippen LogP contribution is 2.28. The van der Waals surface area contributed by atoms with Gasteiger partial charge in [0.05, 0.1) is 6.42 Å². The van der Waals surface area contributed by atoms with E-state index in [4.69, 9.17) is 5.11 Å². The molecule has 1 N–H and O–H groups in total. The van der Waals surface area contributed by atoms with Crippen LogP contribution in [-0.2, 0) is 9.59 Å². The molecular formula is C14H22N2O4. The van der Waals surface area contributed by atoms with Crippen LogP contribution in [0.1, 0.15) is 45.4 Å². The Morgan fingerprint density at radius 3 is 2.45 bits per heavy atom. The van der Waals surface area contributed by atoms with Gasteiger partial charge >= 0.3 is 12.0 Å². The zero-order chi connectivity index (χ0) is 14.7. The molecule has 1 aliphatic heterocycles. The van der Waals surface area contributed by atoms with Gasteiger partial charge in [-0.2, -0.15) is 0 Å². The van der Waals surface area contributed by atoms with E-state index in [2.05, 4.69) is 0 Å². The third-order valence-corrected chi connectivity index (χ3v) is 4.27. The third kappa shape index (κ3) is 2.94. The Hall–Kier alpha value is -1.59. The molecule has 112 valence electrons. The lowest BCUT2D eigenvalue weighted by atomic mass is 9.88. The second kappa shape index (κ2) is 6.24. The van der Waals surface area contributed by atoms with Gasteiger partial charge in [0.25, 0.3) is 5.91 Å². The van der Waals surface area contributed by atoms with Gasteiger partial charge in [-0.05, 0) is 25.7 Å². The number of rotatable bonds is 5. The lowest BCUT2D eigenvalue weighted by Crippen LogP contribution is -2.40. The van der Waals surface area contributed by atoms with E-state index in [0.29, 0.717) is 19.0 Å². The molecule has 1 heterocycles. The van der Waals surface area contributed by atoms with E-state index in [1.165, 1.54) is 11.3 Å². The number of carboxylic acids is 1. The minimum atomic E-state index is -1.04. The number of likely N-dealkylation sites (N-methyl/N-ethyl adjacent to an activating group) is 1. The van der Waals surface area contributed by atoms with Crippen LogP contribution in [0.2, 0.25) is 0 Å². The topological polar surface area (TPSA) is 77.9 Å². The summed E-state index contributed by atoms with van der Waals surface area (Å²) < 4.78 is 0. The zero-order valence-corrected chi connectivity index (χ0v) is 11.9. The van der Waals surface area contributed by atoms with Crippen molar-refractivity contribution < 1.29 is 19.5 Å². The van der Waals surface area contributed by atoms with Crippen LogP contribution in [0.5, 0.6) is 0 Å². The molecule has 20 heavy (non-hydrogen) atoms. The Morgan fingerprint density at radius 2 is 1.90 bits per heavy atom. The summed E-state index contributed by atoms with van der Waals surface area (Å²) in [4.78, 5) is 38.0. The standard InChI is InChI=1S/C14H22N2O4/c1-2-15-13(19)11(8-12(17)18)16(14(15)20)9-10-6-4-3-5-7-10/h10-11H,2-9H2,1H3,(H,17,18)/t11-/m0/s1. The van der Waals surface area contributed by atoms with Crippen LogP contribution in [0, 0.1) is 5.92 Å².